The number of hydrogen-bond acceptors (Lipinski definition) is 5. The highest BCUT2D eigenvalue weighted by atomic mass is 16.4. The number of anilines is 1. The summed E-state index contributed by atoms with van der Waals surface area (Å²) in [7, 11) is 0. The van der Waals surface area contributed by atoms with E-state index >= 15 is 0 Å². The number of amides is 1. The van der Waals surface area contributed by atoms with E-state index in [1.165, 1.54) is 30.4 Å². The molecule has 0 saturated carbocycles. The van der Waals surface area contributed by atoms with Gasteiger partial charge in [-0.1, -0.05) is 6.07 Å². The Morgan fingerprint density at radius 1 is 1.00 bits per heavy atom. The summed E-state index contributed by atoms with van der Waals surface area (Å²) in [4.78, 5) is 23.1. The number of rotatable bonds is 3. The van der Waals surface area contributed by atoms with E-state index in [9.17, 15) is 19.8 Å². The average Bonchev–Trinajstić information content (AvgIpc) is 2.56. The van der Waals surface area contributed by atoms with Crippen LogP contribution in [0.15, 0.2) is 63.8 Å². The van der Waals surface area contributed by atoms with E-state index in [0.717, 1.165) is 0 Å². The SMILES string of the molecule is O=C(/C=C/c1ccc(O)c(O)c1)Nc1ccc2oc(=O)ccc2c1. The molecule has 0 aliphatic heterocycles. The second-order valence-corrected chi connectivity index (χ2v) is 5.08. The van der Waals surface area contributed by atoms with Gasteiger partial charge < -0.3 is 19.9 Å². The number of hydrogen-bond donors (Lipinski definition) is 3. The van der Waals surface area contributed by atoms with E-state index in [2.05, 4.69) is 5.32 Å². The van der Waals surface area contributed by atoms with Gasteiger partial charge in [-0.2, -0.15) is 0 Å². The molecule has 0 saturated heterocycles. The normalized spacial score (nSPS) is 11.0. The van der Waals surface area contributed by atoms with Crippen molar-refractivity contribution < 1.29 is 19.4 Å². The Morgan fingerprint density at radius 3 is 2.62 bits per heavy atom. The number of nitrogens with one attached hydrogen (secondary N) is 1. The molecule has 0 bridgehead atoms. The molecule has 1 amide bonds. The van der Waals surface area contributed by atoms with Crippen LogP contribution in [0.4, 0.5) is 5.69 Å². The first-order valence-electron chi connectivity index (χ1n) is 7.06. The third kappa shape index (κ3) is 3.44. The second kappa shape index (κ2) is 6.29. The first-order valence-corrected chi connectivity index (χ1v) is 7.06. The lowest BCUT2D eigenvalue weighted by Gasteiger charge is -2.03. The lowest BCUT2D eigenvalue weighted by molar-refractivity contribution is -0.111. The number of carbonyl (C=O) groups excluding carboxylic acids is 1. The van der Waals surface area contributed by atoms with Crippen molar-refractivity contribution in [3.8, 4) is 11.5 Å². The summed E-state index contributed by atoms with van der Waals surface area (Å²) < 4.78 is 5.02. The smallest absolute Gasteiger partial charge is 0.336 e. The minimum atomic E-state index is -0.431. The van der Waals surface area contributed by atoms with Gasteiger partial charge in [0, 0.05) is 23.2 Å². The number of phenolic OH excluding ortho intramolecular Hbond substituents is 2. The molecule has 3 N–H and O–H groups in total. The van der Waals surface area contributed by atoms with Crippen molar-refractivity contribution in [2.45, 2.75) is 0 Å². The maximum absolute atomic E-state index is 11.9. The second-order valence-electron chi connectivity index (χ2n) is 5.08. The van der Waals surface area contributed by atoms with Crippen LogP contribution in [0.1, 0.15) is 5.56 Å². The average molecular weight is 323 g/mol. The highest BCUT2D eigenvalue weighted by molar-refractivity contribution is 6.02. The zero-order valence-electron chi connectivity index (χ0n) is 12.4. The summed E-state index contributed by atoms with van der Waals surface area (Å²) in [5.74, 6) is -0.840. The molecule has 0 fully saturated rings. The molecule has 0 atom stereocenters. The van der Waals surface area contributed by atoms with Crippen molar-refractivity contribution in [3.05, 3.63) is 70.6 Å². The predicted molar refractivity (Wildman–Crippen MR) is 89.9 cm³/mol. The number of benzene rings is 2. The highest BCUT2D eigenvalue weighted by Gasteiger charge is 2.03. The van der Waals surface area contributed by atoms with Crippen LogP contribution >= 0.6 is 0 Å². The van der Waals surface area contributed by atoms with E-state index < -0.39 is 5.63 Å². The summed E-state index contributed by atoms with van der Waals surface area (Å²) >= 11 is 0. The Morgan fingerprint density at radius 2 is 1.83 bits per heavy atom. The molecule has 1 heterocycles. The predicted octanol–water partition coefficient (Wildman–Crippen LogP) is 2.86. The zero-order chi connectivity index (χ0) is 17.1. The molecule has 0 spiro atoms. The van der Waals surface area contributed by atoms with Crippen LogP contribution in [0.3, 0.4) is 0 Å². The number of phenols is 2. The van der Waals surface area contributed by atoms with Crippen LogP contribution in [0, 0.1) is 0 Å². The maximum Gasteiger partial charge on any atom is 0.336 e. The van der Waals surface area contributed by atoms with Crippen molar-refractivity contribution in [2.75, 3.05) is 5.32 Å². The summed E-state index contributed by atoms with van der Waals surface area (Å²) in [6.45, 7) is 0. The van der Waals surface area contributed by atoms with Gasteiger partial charge in [0.25, 0.3) is 0 Å². The largest absolute Gasteiger partial charge is 0.504 e. The van der Waals surface area contributed by atoms with Gasteiger partial charge in [-0.15, -0.1) is 0 Å². The molecule has 3 aromatic rings. The minimum Gasteiger partial charge on any atom is -0.504 e. The first kappa shape index (κ1) is 15.4. The molecular weight excluding hydrogens is 310 g/mol. The van der Waals surface area contributed by atoms with Gasteiger partial charge in [-0.05, 0) is 48.0 Å². The molecule has 2 aromatic carbocycles. The van der Waals surface area contributed by atoms with Gasteiger partial charge in [-0.25, -0.2) is 4.79 Å². The maximum atomic E-state index is 11.9. The van der Waals surface area contributed by atoms with Gasteiger partial charge in [0.05, 0.1) is 0 Å². The van der Waals surface area contributed by atoms with E-state index in [-0.39, 0.29) is 17.4 Å². The van der Waals surface area contributed by atoms with Crippen LogP contribution in [-0.2, 0) is 4.79 Å². The number of aromatic hydroxyl groups is 2. The van der Waals surface area contributed by atoms with Gasteiger partial charge in [-0.3, -0.25) is 4.79 Å². The third-order valence-electron chi connectivity index (χ3n) is 3.31. The minimum absolute atomic E-state index is 0.223. The Bertz CT molecular complexity index is 1000. The Hall–Kier alpha value is -3.54. The highest BCUT2D eigenvalue weighted by Crippen LogP contribution is 2.25. The van der Waals surface area contributed by atoms with Crippen molar-refractivity contribution >= 4 is 28.6 Å². The summed E-state index contributed by atoms with van der Waals surface area (Å²) in [5.41, 5.74) is 1.13. The molecular formula is C18H13NO5. The summed E-state index contributed by atoms with van der Waals surface area (Å²) in [6, 6.07) is 12.1. The van der Waals surface area contributed by atoms with E-state index in [1.54, 1.807) is 30.3 Å². The fourth-order valence-corrected chi connectivity index (χ4v) is 2.15. The molecule has 0 aliphatic carbocycles. The van der Waals surface area contributed by atoms with Gasteiger partial charge >= 0.3 is 5.63 Å². The van der Waals surface area contributed by atoms with Crippen molar-refractivity contribution in [1.29, 1.82) is 0 Å². The fourth-order valence-electron chi connectivity index (χ4n) is 2.15. The molecule has 3 rings (SSSR count). The third-order valence-corrected chi connectivity index (χ3v) is 3.31. The summed E-state index contributed by atoms with van der Waals surface area (Å²) in [6.07, 6.45) is 2.82. The lowest BCUT2D eigenvalue weighted by Crippen LogP contribution is -2.07. The molecule has 24 heavy (non-hydrogen) atoms. The summed E-state index contributed by atoms with van der Waals surface area (Å²) in [5, 5.41) is 22.0. The van der Waals surface area contributed by atoms with E-state index in [0.29, 0.717) is 22.2 Å². The van der Waals surface area contributed by atoms with Crippen LogP contribution in [0.25, 0.3) is 17.0 Å². The van der Waals surface area contributed by atoms with Crippen LogP contribution in [-0.4, -0.2) is 16.1 Å². The molecule has 120 valence electrons. The van der Waals surface area contributed by atoms with Gasteiger partial charge in [0.15, 0.2) is 11.5 Å². The van der Waals surface area contributed by atoms with E-state index in [4.69, 9.17) is 4.42 Å². The molecule has 6 nitrogen and oxygen atoms in total. The quantitative estimate of drug-likeness (QED) is 0.391. The van der Waals surface area contributed by atoms with Crippen LogP contribution < -0.4 is 10.9 Å². The van der Waals surface area contributed by atoms with Crippen molar-refractivity contribution in [1.82, 2.24) is 0 Å². The molecule has 6 heteroatoms. The van der Waals surface area contributed by atoms with E-state index in [1.807, 2.05) is 0 Å². The van der Waals surface area contributed by atoms with Gasteiger partial charge in [0.1, 0.15) is 5.58 Å². The lowest BCUT2D eigenvalue weighted by atomic mass is 10.2. The molecule has 1 aromatic heterocycles. The molecule has 0 unspecified atom stereocenters. The molecule has 0 aliphatic rings. The van der Waals surface area contributed by atoms with Crippen LogP contribution in [0.5, 0.6) is 11.5 Å². The zero-order valence-corrected chi connectivity index (χ0v) is 12.4. The number of fused-ring (bicyclic) bond motifs is 1. The fraction of sp³-hybridized carbons (Fsp3) is 0. The monoisotopic (exact) mass is 323 g/mol. The molecule has 0 radical (unpaired) electrons. The standard InChI is InChI=1S/C18H13NO5/c20-14-5-1-11(9-15(14)21)2-7-17(22)19-13-4-6-16-12(10-13)3-8-18(23)24-16/h1-10,20-21H,(H,19,22)/b7-2+. The number of carbonyl (C=O) groups is 1. The van der Waals surface area contributed by atoms with Gasteiger partial charge in [0.2, 0.25) is 5.91 Å². The van der Waals surface area contributed by atoms with Crippen LogP contribution in [0.2, 0.25) is 0 Å². The Kier molecular flexibility index (Phi) is 4.03. The van der Waals surface area contributed by atoms with Crippen molar-refractivity contribution in [2.24, 2.45) is 0 Å². The Labute approximate surface area is 136 Å². The first-order chi connectivity index (χ1) is 11.5. The Balaban J connectivity index is 1.74. The topological polar surface area (TPSA) is 99.8 Å². The van der Waals surface area contributed by atoms with Crippen molar-refractivity contribution in [3.63, 3.8) is 0 Å².